The highest BCUT2D eigenvalue weighted by Gasteiger charge is 2.19. The van der Waals surface area contributed by atoms with E-state index >= 15 is 0 Å². The first-order valence-electron chi connectivity index (χ1n) is 10.0. The summed E-state index contributed by atoms with van der Waals surface area (Å²) < 4.78 is 7.40. The summed E-state index contributed by atoms with van der Waals surface area (Å²) in [6.45, 7) is 7.49. The molecule has 3 aromatic rings. The normalized spacial score (nSPS) is 14.0. The number of nitrogens with zero attached hydrogens (tertiary/aromatic N) is 3. The van der Waals surface area contributed by atoms with Crippen molar-refractivity contribution in [3.63, 3.8) is 0 Å². The molecule has 1 aliphatic heterocycles. The number of amides is 1. The van der Waals surface area contributed by atoms with Gasteiger partial charge in [-0.1, -0.05) is 29.8 Å². The van der Waals surface area contributed by atoms with Gasteiger partial charge in [0.2, 0.25) is 0 Å². The first-order valence-corrected chi connectivity index (χ1v) is 10.4. The number of halogens is 1. The van der Waals surface area contributed by atoms with E-state index in [0.29, 0.717) is 36.0 Å². The Morgan fingerprint density at radius 1 is 1.13 bits per heavy atom. The molecule has 2 aromatic carbocycles. The van der Waals surface area contributed by atoms with Gasteiger partial charge >= 0.3 is 0 Å². The number of benzene rings is 2. The van der Waals surface area contributed by atoms with Gasteiger partial charge in [-0.25, -0.2) is 0 Å². The minimum absolute atomic E-state index is 0.163. The molecule has 30 heavy (non-hydrogen) atoms. The summed E-state index contributed by atoms with van der Waals surface area (Å²) in [6.07, 6.45) is 0. The number of ether oxygens (including phenoxy) is 1. The Labute approximate surface area is 181 Å². The van der Waals surface area contributed by atoms with Crippen LogP contribution in [0.4, 0.5) is 11.4 Å². The zero-order chi connectivity index (χ0) is 21.1. The van der Waals surface area contributed by atoms with Crippen molar-refractivity contribution in [2.45, 2.75) is 20.4 Å². The number of anilines is 2. The third kappa shape index (κ3) is 4.50. The van der Waals surface area contributed by atoms with Gasteiger partial charge in [-0.05, 0) is 49.7 Å². The average Bonchev–Trinajstić information content (AvgIpc) is 3.06. The number of morpholine rings is 1. The van der Waals surface area contributed by atoms with Gasteiger partial charge in [0.1, 0.15) is 0 Å². The van der Waals surface area contributed by atoms with Crippen LogP contribution in [-0.4, -0.2) is 42.0 Å². The van der Waals surface area contributed by atoms with Crippen LogP contribution in [-0.2, 0) is 11.3 Å². The first kappa shape index (κ1) is 20.4. The Balaban J connectivity index is 1.49. The van der Waals surface area contributed by atoms with E-state index in [9.17, 15) is 4.79 Å². The molecule has 0 atom stereocenters. The van der Waals surface area contributed by atoms with E-state index in [4.69, 9.17) is 16.3 Å². The maximum absolute atomic E-state index is 12.9. The summed E-state index contributed by atoms with van der Waals surface area (Å²) in [4.78, 5) is 15.0. The van der Waals surface area contributed by atoms with Gasteiger partial charge in [0.25, 0.3) is 5.91 Å². The molecule has 1 amide bonds. The average molecular weight is 425 g/mol. The van der Waals surface area contributed by atoms with Crippen molar-refractivity contribution in [3.05, 3.63) is 76.1 Å². The van der Waals surface area contributed by atoms with E-state index < -0.39 is 0 Å². The van der Waals surface area contributed by atoms with E-state index in [-0.39, 0.29) is 5.91 Å². The van der Waals surface area contributed by atoms with Crippen LogP contribution in [0.3, 0.4) is 0 Å². The zero-order valence-corrected chi connectivity index (χ0v) is 17.9. The van der Waals surface area contributed by atoms with Gasteiger partial charge < -0.3 is 15.0 Å². The number of carbonyl (C=O) groups excluding carboxylic acids is 1. The lowest BCUT2D eigenvalue weighted by Crippen LogP contribution is -2.37. The predicted octanol–water partition coefficient (Wildman–Crippen LogP) is 4.29. The lowest BCUT2D eigenvalue weighted by atomic mass is 10.1. The summed E-state index contributed by atoms with van der Waals surface area (Å²) in [5, 5.41) is 8.14. The molecule has 1 aromatic heterocycles. The number of hydrogen-bond acceptors (Lipinski definition) is 4. The van der Waals surface area contributed by atoms with Crippen molar-refractivity contribution in [1.29, 1.82) is 0 Å². The molecule has 0 unspecified atom stereocenters. The maximum atomic E-state index is 12.9. The second-order valence-corrected chi connectivity index (χ2v) is 7.88. The minimum Gasteiger partial charge on any atom is -0.378 e. The third-order valence-corrected chi connectivity index (χ3v) is 5.52. The van der Waals surface area contributed by atoms with Crippen LogP contribution in [0.15, 0.2) is 48.5 Å². The van der Waals surface area contributed by atoms with Gasteiger partial charge in [0, 0.05) is 24.3 Å². The van der Waals surface area contributed by atoms with Crippen LogP contribution in [0.2, 0.25) is 5.02 Å². The van der Waals surface area contributed by atoms with Gasteiger partial charge in [0.05, 0.1) is 41.8 Å². The van der Waals surface area contributed by atoms with Crippen molar-refractivity contribution in [2.24, 2.45) is 0 Å². The molecular weight excluding hydrogens is 400 g/mol. The topological polar surface area (TPSA) is 59.4 Å². The molecule has 156 valence electrons. The summed E-state index contributed by atoms with van der Waals surface area (Å²) in [6, 6.07) is 15.2. The number of para-hydroxylation sites is 1. The van der Waals surface area contributed by atoms with E-state index in [1.54, 1.807) is 0 Å². The smallest absolute Gasteiger partial charge is 0.255 e. The number of nitrogens with one attached hydrogen (secondary N) is 1. The van der Waals surface area contributed by atoms with Crippen LogP contribution in [0.1, 0.15) is 27.3 Å². The van der Waals surface area contributed by atoms with Crippen molar-refractivity contribution < 1.29 is 9.53 Å². The summed E-state index contributed by atoms with van der Waals surface area (Å²) >= 11 is 6.46. The molecule has 0 saturated carbocycles. The van der Waals surface area contributed by atoms with Gasteiger partial charge in [-0.3, -0.25) is 9.48 Å². The van der Waals surface area contributed by atoms with Crippen molar-refractivity contribution in [1.82, 2.24) is 9.78 Å². The van der Waals surface area contributed by atoms with Crippen molar-refractivity contribution in [2.75, 3.05) is 36.5 Å². The molecular formula is C23H25ClN4O2. The molecule has 0 bridgehead atoms. The molecule has 7 heteroatoms. The highest BCUT2D eigenvalue weighted by atomic mass is 35.5. The van der Waals surface area contributed by atoms with Crippen LogP contribution < -0.4 is 10.2 Å². The summed E-state index contributed by atoms with van der Waals surface area (Å²) in [5.74, 6) is -0.163. The van der Waals surface area contributed by atoms with Crippen molar-refractivity contribution in [3.8, 4) is 0 Å². The number of aryl methyl sites for hydroxylation is 2. The standard InChI is InChI=1S/C23H25ClN4O2/c1-16-14-17(2)28(26-16)15-18-6-8-19(9-7-18)23(29)25-21-5-3-4-20(24)22(21)27-10-12-30-13-11-27/h3-9,14H,10-13,15H2,1-2H3,(H,25,29). The molecule has 1 N–H and O–H groups in total. The lowest BCUT2D eigenvalue weighted by Gasteiger charge is -2.31. The summed E-state index contributed by atoms with van der Waals surface area (Å²) in [7, 11) is 0. The fourth-order valence-corrected chi connectivity index (χ4v) is 3.98. The highest BCUT2D eigenvalue weighted by Crippen LogP contribution is 2.34. The van der Waals surface area contributed by atoms with Gasteiger partial charge in [0.15, 0.2) is 0 Å². The molecule has 2 heterocycles. The molecule has 1 fully saturated rings. The Bertz CT molecular complexity index is 1040. The van der Waals surface area contributed by atoms with Crippen LogP contribution in [0.25, 0.3) is 0 Å². The number of rotatable bonds is 5. The van der Waals surface area contributed by atoms with Gasteiger partial charge in [-0.2, -0.15) is 5.10 Å². The Hall–Kier alpha value is -2.83. The molecule has 0 spiro atoms. The molecule has 0 aliphatic carbocycles. The van der Waals surface area contributed by atoms with Gasteiger partial charge in [-0.15, -0.1) is 0 Å². The maximum Gasteiger partial charge on any atom is 0.255 e. The third-order valence-electron chi connectivity index (χ3n) is 5.21. The quantitative estimate of drug-likeness (QED) is 0.663. The lowest BCUT2D eigenvalue weighted by molar-refractivity contribution is 0.102. The molecule has 1 saturated heterocycles. The number of carbonyl (C=O) groups is 1. The Morgan fingerprint density at radius 2 is 1.87 bits per heavy atom. The first-order chi connectivity index (χ1) is 14.5. The number of aromatic nitrogens is 2. The highest BCUT2D eigenvalue weighted by molar-refractivity contribution is 6.34. The number of hydrogen-bond donors (Lipinski definition) is 1. The minimum atomic E-state index is -0.163. The Kier molecular flexibility index (Phi) is 6.06. The second-order valence-electron chi connectivity index (χ2n) is 7.47. The summed E-state index contributed by atoms with van der Waals surface area (Å²) in [5.41, 5.74) is 5.36. The monoisotopic (exact) mass is 424 g/mol. The SMILES string of the molecule is Cc1cc(C)n(Cc2ccc(C(=O)Nc3cccc(Cl)c3N3CCOCC3)cc2)n1. The second kappa shape index (κ2) is 8.90. The zero-order valence-electron chi connectivity index (χ0n) is 17.2. The molecule has 1 aliphatic rings. The van der Waals surface area contributed by atoms with E-state index in [1.807, 2.05) is 61.0 Å². The van der Waals surface area contributed by atoms with Crippen LogP contribution in [0.5, 0.6) is 0 Å². The Morgan fingerprint density at radius 3 is 2.53 bits per heavy atom. The predicted molar refractivity (Wildman–Crippen MR) is 120 cm³/mol. The fourth-order valence-electron chi connectivity index (χ4n) is 3.69. The van der Waals surface area contributed by atoms with Crippen LogP contribution in [0, 0.1) is 13.8 Å². The van der Waals surface area contributed by atoms with E-state index in [1.165, 1.54) is 0 Å². The molecule has 0 radical (unpaired) electrons. The van der Waals surface area contributed by atoms with Crippen LogP contribution >= 0.6 is 11.6 Å². The molecule has 6 nitrogen and oxygen atoms in total. The van der Waals surface area contributed by atoms with Crippen molar-refractivity contribution >= 4 is 28.9 Å². The van der Waals surface area contributed by atoms with E-state index in [0.717, 1.165) is 35.7 Å². The fraction of sp³-hybridized carbons (Fsp3) is 0.304. The molecule has 4 rings (SSSR count). The van der Waals surface area contributed by atoms with E-state index in [2.05, 4.69) is 21.4 Å². The largest absolute Gasteiger partial charge is 0.378 e.